The Morgan fingerprint density at radius 2 is 1.71 bits per heavy atom. The van der Waals surface area contributed by atoms with Crippen molar-refractivity contribution in [3.05, 3.63) is 35.9 Å². The van der Waals surface area contributed by atoms with Crippen LogP contribution in [-0.2, 0) is 9.59 Å². The Balaban J connectivity index is 2.30. The maximum atomic E-state index is 12.5. The van der Waals surface area contributed by atoms with Crippen molar-refractivity contribution in [2.24, 2.45) is 5.41 Å². The molecule has 2 amide bonds. The van der Waals surface area contributed by atoms with Crippen LogP contribution in [-0.4, -0.2) is 47.2 Å². The van der Waals surface area contributed by atoms with E-state index in [1.165, 1.54) is 9.80 Å². The molecule has 2 rings (SSSR count). The number of amides is 2. The van der Waals surface area contributed by atoms with Crippen molar-refractivity contribution >= 4 is 17.6 Å². The van der Waals surface area contributed by atoms with Gasteiger partial charge in [-0.3, -0.25) is 14.4 Å². The number of rotatable bonds is 2. The molecule has 1 heterocycles. The lowest BCUT2D eigenvalue weighted by Gasteiger charge is -2.37. The summed E-state index contributed by atoms with van der Waals surface area (Å²) in [6.45, 7) is 5.79. The van der Waals surface area contributed by atoms with Crippen molar-refractivity contribution in [2.75, 3.05) is 13.6 Å². The van der Waals surface area contributed by atoms with Gasteiger partial charge >= 0.3 is 0 Å². The first kappa shape index (κ1) is 15.2. The van der Waals surface area contributed by atoms with Gasteiger partial charge in [-0.2, -0.15) is 0 Å². The average Bonchev–Trinajstić information content (AvgIpc) is 2.74. The van der Waals surface area contributed by atoms with E-state index in [-0.39, 0.29) is 17.9 Å². The molecule has 0 spiro atoms. The van der Waals surface area contributed by atoms with Gasteiger partial charge in [-0.25, -0.2) is 0 Å². The first-order valence-electron chi connectivity index (χ1n) is 6.89. The molecule has 0 aliphatic carbocycles. The largest absolute Gasteiger partial charge is 0.323 e. The second-order valence-corrected chi connectivity index (χ2v) is 6.37. The number of carbonyl (C=O) groups is 3. The molecular formula is C16H20N2O3. The third-order valence-electron chi connectivity index (χ3n) is 3.63. The van der Waals surface area contributed by atoms with E-state index >= 15 is 0 Å². The number of nitrogens with zero attached hydrogens (tertiary/aromatic N) is 2. The molecule has 0 saturated carbocycles. The number of hydrogen-bond donors (Lipinski definition) is 0. The topological polar surface area (TPSA) is 57.7 Å². The number of Topliss-reactive ketones (excluding diaryl/α,β-unsaturated/α-hetero) is 1. The van der Waals surface area contributed by atoms with Crippen molar-refractivity contribution in [3.63, 3.8) is 0 Å². The highest BCUT2D eigenvalue weighted by atomic mass is 16.2. The van der Waals surface area contributed by atoms with Crippen LogP contribution in [0.25, 0.3) is 0 Å². The molecule has 0 N–H and O–H groups in total. The highest BCUT2D eigenvalue weighted by Crippen LogP contribution is 2.31. The maximum absolute atomic E-state index is 12.5. The van der Waals surface area contributed by atoms with E-state index in [9.17, 15) is 14.4 Å². The first-order valence-corrected chi connectivity index (χ1v) is 6.89. The van der Waals surface area contributed by atoms with E-state index < -0.39 is 17.9 Å². The molecule has 1 saturated heterocycles. The Hall–Kier alpha value is -2.17. The van der Waals surface area contributed by atoms with E-state index in [0.29, 0.717) is 5.56 Å². The van der Waals surface area contributed by atoms with Crippen LogP contribution in [0.3, 0.4) is 0 Å². The Kier molecular flexibility index (Phi) is 3.85. The van der Waals surface area contributed by atoms with E-state index in [0.717, 1.165) is 0 Å². The van der Waals surface area contributed by atoms with Gasteiger partial charge in [-0.05, 0) is 0 Å². The van der Waals surface area contributed by atoms with Crippen molar-refractivity contribution < 1.29 is 14.4 Å². The minimum Gasteiger partial charge on any atom is -0.323 e. The molecule has 0 aromatic heterocycles. The van der Waals surface area contributed by atoms with E-state index in [1.807, 2.05) is 20.8 Å². The summed E-state index contributed by atoms with van der Waals surface area (Å²) in [7, 11) is 1.67. The van der Waals surface area contributed by atoms with Crippen LogP contribution in [0.1, 0.15) is 31.1 Å². The molecule has 0 radical (unpaired) electrons. The van der Waals surface area contributed by atoms with Gasteiger partial charge in [0.05, 0.1) is 0 Å². The highest BCUT2D eigenvalue weighted by molar-refractivity contribution is 6.43. The van der Waals surface area contributed by atoms with Gasteiger partial charge in [-0.15, -0.1) is 0 Å². The number of ketones is 1. The molecule has 5 nitrogen and oxygen atoms in total. The van der Waals surface area contributed by atoms with Crippen LogP contribution in [0, 0.1) is 5.41 Å². The summed E-state index contributed by atoms with van der Waals surface area (Å²) >= 11 is 0. The molecule has 1 aromatic carbocycles. The van der Waals surface area contributed by atoms with Gasteiger partial charge in [0.1, 0.15) is 12.7 Å². The summed E-state index contributed by atoms with van der Waals surface area (Å²) in [4.78, 5) is 39.6. The SMILES string of the molecule is CN1C(=O)CN(C(=O)C(=O)c2ccccc2)C1C(C)(C)C. The lowest BCUT2D eigenvalue weighted by molar-refractivity contribution is -0.131. The van der Waals surface area contributed by atoms with E-state index in [2.05, 4.69) is 0 Å². The average molecular weight is 288 g/mol. The fourth-order valence-corrected chi connectivity index (χ4v) is 2.76. The Morgan fingerprint density at radius 1 is 1.14 bits per heavy atom. The van der Waals surface area contributed by atoms with Gasteiger partial charge in [0.25, 0.3) is 5.91 Å². The molecule has 21 heavy (non-hydrogen) atoms. The standard InChI is InChI=1S/C16H20N2O3/c1-16(2,3)15-17(4)12(19)10-18(15)14(21)13(20)11-8-6-5-7-9-11/h5-9,15H,10H2,1-4H3. The molecular weight excluding hydrogens is 268 g/mol. The molecule has 112 valence electrons. The maximum Gasteiger partial charge on any atom is 0.297 e. The molecule has 0 bridgehead atoms. The molecule has 5 heteroatoms. The van der Waals surface area contributed by atoms with Crippen LogP contribution in [0.4, 0.5) is 0 Å². The second-order valence-electron chi connectivity index (χ2n) is 6.37. The molecule has 1 atom stereocenters. The van der Waals surface area contributed by atoms with Crippen LogP contribution < -0.4 is 0 Å². The number of hydrogen-bond acceptors (Lipinski definition) is 3. The van der Waals surface area contributed by atoms with Gasteiger partial charge in [0, 0.05) is 18.0 Å². The minimum absolute atomic E-state index is 0.0458. The van der Waals surface area contributed by atoms with E-state index in [1.54, 1.807) is 37.4 Å². The van der Waals surface area contributed by atoms with Gasteiger partial charge in [0.2, 0.25) is 11.7 Å². The highest BCUT2D eigenvalue weighted by Gasteiger charge is 2.46. The predicted molar refractivity (Wildman–Crippen MR) is 78.5 cm³/mol. The van der Waals surface area contributed by atoms with Crippen molar-refractivity contribution in [2.45, 2.75) is 26.9 Å². The van der Waals surface area contributed by atoms with Gasteiger partial charge in [0.15, 0.2) is 0 Å². The molecule has 1 unspecified atom stereocenters. The minimum atomic E-state index is -0.626. The number of carbonyl (C=O) groups excluding carboxylic acids is 3. The Morgan fingerprint density at radius 3 is 2.24 bits per heavy atom. The fraction of sp³-hybridized carbons (Fsp3) is 0.438. The van der Waals surface area contributed by atoms with Crippen molar-refractivity contribution in [1.29, 1.82) is 0 Å². The smallest absolute Gasteiger partial charge is 0.297 e. The third kappa shape index (κ3) is 2.82. The molecule has 1 aromatic rings. The summed E-state index contributed by atoms with van der Waals surface area (Å²) in [5.41, 5.74) is 0.0187. The normalized spacial score (nSPS) is 19.0. The van der Waals surface area contributed by atoms with E-state index in [4.69, 9.17) is 0 Å². The first-order chi connectivity index (χ1) is 9.73. The molecule has 1 aliphatic rings. The van der Waals surface area contributed by atoms with Crippen LogP contribution in [0.5, 0.6) is 0 Å². The summed E-state index contributed by atoms with van der Waals surface area (Å²) in [6, 6.07) is 8.42. The summed E-state index contributed by atoms with van der Waals surface area (Å²) in [6.07, 6.45) is -0.412. The quantitative estimate of drug-likeness (QED) is 0.613. The zero-order valence-corrected chi connectivity index (χ0v) is 12.8. The van der Waals surface area contributed by atoms with Crippen molar-refractivity contribution in [1.82, 2.24) is 9.80 Å². The molecule has 1 fully saturated rings. The summed E-state index contributed by atoms with van der Waals surface area (Å²) in [5.74, 6) is -1.35. The zero-order chi connectivity index (χ0) is 15.8. The van der Waals surface area contributed by atoms with Crippen LogP contribution in [0.2, 0.25) is 0 Å². The lowest BCUT2D eigenvalue weighted by Crippen LogP contribution is -2.50. The van der Waals surface area contributed by atoms with Gasteiger partial charge < -0.3 is 9.80 Å². The third-order valence-corrected chi connectivity index (χ3v) is 3.63. The second kappa shape index (κ2) is 5.31. The summed E-state index contributed by atoms with van der Waals surface area (Å²) in [5, 5.41) is 0. The number of likely N-dealkylation sites (N-methyl/N-ethyl adjacent to an activating group) is 1. The lowest BCUT2D eigenvalue weighted by atomic mass is 9.91. The van der Waals surface area contributed by atoms with Gasteiger partial charge in [-0.1, -0.05) is 51.1 Å². The molecule has 1 aliphatic heterocycles. The Bertz CT molecular complexity index is 575. The Labute approximate surface area is 124 Å². The monoisotopic (exact) mass is 288 g/mol. The van der Waals surface area contributed by atoms with Crippen LogP contribution >= 0.6 is 0 Å². The predicted octanol–water partition coefficient (Wildman–Crippen LogP) is 1.54. The van der Waals surface area contributed by atoms with Crippen molar-refractivity contribution in [3.8, 4) is 0 Å². The fourth-order valence-electron chi connectivity index (χ4n) is 2.76. The zero-order valence-electron chi connectivity index (χ0n) is 12.8. The number of benzene rings is 1. The summed E-state index contributed by atoms with van der Waals surface area (Å²) < 4.78 is 0. The van der Waals surface area contributed by atoms with Crippen LogP contribution in [0.15, 0.2) is 30.3 Å².